The Kier molecular flexibility index (Phi) is 8.66. The lowest BCUT2D eigenvalue weighted by molar-refractivity contribution is -0.131. The zero-order valence-corrected chi connectivity index (χ0v) is 21.7. The van der Waals surface area contributed by atoms with Gasteiger partial charge in [0.2, 0.25) is 0 Å². The van der Waals surface area contributed by atoms with Crippen molar-refractivity contribution in [3.05, 3.63) is 70.7 Å². The molecule has 1 N–H and O–H groups in total. The highest BCUT2D eigenvalue weighted by Crippen LogP contribution is 2.28. The van der Waals surface area contributed by atoms with Crippen LogP contribution in [-0.2, 0) is 18.3 Å². The van der Waals surface area contributed by atoms with Crippen LogP contribution in [0, 0.1) is 24.6 Å². The van der Waals surface area contributed by atoms with Crippen LogP contribution >= 0.6 is 0 Å². The molecule has 0 radical (unpaired) electrons. The topological polar surface area (TPSA) is 79.6 Å². The predicted octanol–water partition coefficient (Wildman–Crippen LogP) is 5.65. The first-order valence-corrected chi connectivity index (χ1v) is 12.4. The van der Waals surface area contributed by atoms with E-state index < -0.39 is 11.8 Å². The third-order valence-corrected chi connectivity index (χ3v) is 6.34. The van der Waals surface area contributed by atoms with Gasteiger partial charge in [-0.3, -0.25) is 9.59 Å². The van der Waals surface area contributed by atoms with Crippen molar-refractivity contribution in [3.63, 3.8) is 0 Å². The maximum absolute atomic E-state index is 13.3. The van der Waals surface area contributed by atoms with E-state index in [4.69, 9.17) is 5.11 Å². The number of ketones is 1. The molecule has 1 amide bonds. The highest BCUT2D eigenvalue weighted by atomic mass is 19.1. The van der Waals surface area contributed by atoms with Gasteiger partial charge in [-0.05, 0) is 73.4 Å². The lowest BCUT2D eigenvalue weighted by Gasteiger charge is -2.32. The molecule has 0 unspecified atom stereocenters. The van der Waals surface area contributed by atoms with Crippen LogP contribution in [0.25, 0.3) is 10.9 Å². The molecule has 3 aromatic rings. The number of carbonyl (C=O) groups excluding carboxylic acids is 2. The highest BCUT2D eigenvalue weighted by molar-refractivity contribution is 6.42. The number of rotatable bonds is 5. The summed E-state index contributed by atoms with van der Waals surface area (Å²) >= 11 is 0. The second kappa shape index (κ2) is 11.5. The van der Waals surface area contributed by atoms with Crippen LogP contribution in [0.2, 0.25) is 0 Å². The number of aliphatic carboxylic acids is 1. The Morgan fingerprint density at radius 1 is 1.03 bits per heavy atom. The zero-order chi connectivity index (χ0) is 26.6. The zero-order valence-electron chi connectivity index (χ0n) is 21.7. The quantitative estimate of drug-likeness (QED) is 0.367. The van der Waals surface area contributed by atoms with Gasteiger partial charge in [0.25, 0.3) is 11.7 Å². The minimum atomic E-state index is -1.52. The first-order chi connectivity index (χ1) is 17.0. The summed E-state index contributed by atoms with van der Waals surface area (Å²) in [6.45, 7) is 9.59. The number of likely N-dealkylation sites (tertiary alicyclic amines) is 1. The summed E-state index contributed by atoms with van der Waals surface area (Å²) in [6.07, 6.45) is 4.07. The van der Waals surface area contributed by atoms with Crippen LogP contribution in [0.5, 0.6) is 0 Å². The lowest BCUT2D eigenvalue weighted by atomic mass is 9.89. The summed E-state index contributed by atoms with van der Waals surface area (Å²) in [6, 6.07) is 10.0. The molecule has 36 heavy (non-hydrogen) atoms. The molecule has 1 aromatic heterocycles. The van der Waals surface area contributed by atoms with Crippen LogP contribution in [0.4, 0.5) is 4.39 Å². The molecule has 0 atom stereocenters. The summed E-state index contributed by atoms with van der Waals surface area (Å²) in [7, 11) is 1.74. The number of carboxylic acids is 1. The van der Waals surface area contributed by atoms with Crippen molar-refractivity contribution >= 4 is 28.6 Å². The fraction of sp³-hybridized carbons (Fsp3) is 0.414. The Balaban J connectivity index is 0.000000840. The largest absolute Gasteiger partial charge is 0.475 e. The smallest absolute Gasteiger partial charge is 0.377 e. The van der Waals surface area contributed by atoms with Crippen LogP contribution in [-0.4, -0.2) is 45.3 Å². The van der Waals surface area contributed by atoms with Gasteiger partial charge in [-0.25, -0.2) is 9.18 Å². The number of benzene rings is 2. The minimum Gasteiger partial charge on any atom is -0.475 e. The van der Waals surface area contributed by atoms with Crippen molar-refractivity contribution < 1.29 is 23.9 Å². The van der Waals surface area contributed by atoms with E-state index in [1.165, 1.54) is 18.3 Å². The van der Waals surface area contributed by atoms with Crippen molar-refractivity contribution in [2.75, 3.05) is 13.1 Å². The van der Waals surface area contributed by atoms with E-state index in [-0.39, 0.29) is 17.3 Å². The third kappa shape index (κ3) is 6.39. The number of carboxylic acid groups (broad SMARTS) is 1. The summed E-state index contributed by atoms with van der Waals surface area (Å²) in [5.74, 6) is -1.59. The Morgan fingerprint density at radius 2 is 1.61 bits per heavy atom. The van der Waals surface area contributed by atoms with E-state index in [9.17, 15) is 18.8 Å². The first kappa shape index (κ1) is 27.1. The fourth-order valence-corrected chi connectivity index (χ4v) is 4.52. The number of carbonyl (C=O) groups is 3. The summed E-state index contributed by atoms with van der Waals surface area (Å²) < 4.78 is 14.8. The number of hydrogen-bond acceptors (Lipinski definition) is 3. The molecule has 1 fully saturated rings. The molecule has 2 heterocycles. The van der Waals surface area contributed by atoms with E-state index in [1.807, 2.05) is 17.9 Å². The summed E-state index contributed by atoms with van der Waals surface area (Å²) in [4.78, 5) is 38.4. The normalized spacial score (nSPS) is 14.0. The number of fused-ring (bicyclic) bond motifs is 1. The van der Waals surface area contributed by atoms with E-state index in [0.717, 1.165) is 36.3 Å². The number of aromatic nitrogens is 1. The van der Waals surface area contributed by atoms with Gasteiger partial charge in [0.05, 0.1) is 5.56 Å². The molecule has 2 aromatic carbocycles. The molecule has 4 rings (SSSR count). The van der Waals surface area contributed by atoms with Gasteiger partial charge in [-0.2, -0.15) is 0 Å². The fourth-order valence-electron chi connectivity index (χ4n) is 4.52. The molecule has 0 spiro atoms. The van der Waals surface area contributed by atoms with E-state index in [1.54, 1.807) is 29.8 Å². The highest BCUT2D eigenvalue weighted by Gasteiger charge is 2.27. The number of hydrogen-bond donors (Lipinski definition) is 1. The molecule has 0 bridgehead atoms. The standard InChI is InChI=1S/C25H25FN2O4.C4H10/c1-15-11-22-20(21(14-27(22)2)23(29)25(31)32)13-19(15)24(30)28-9-7-17(8-10-28)12-16-3-5-18(26)6-4-16;1-4(2)3/h3-6,11,13-14,17H,7-10,12H2,1-2H3,(H,31,32);4H,1-3H3. The molecule has 192 valence electrons. The van der Waals surface area contributed by atoms with E-state index in [0.29, 0.717) is 35.5 Å². The second-order valence-electron chi connectivity index (χ2n) is 10.3. The molecule has 7 heteroatoms. The Morgan fingerprint density at radius 3 is 2.17 bits per heavy atom. The van der Waals surface area contributed by atoms with Crippen molar-refractivity contribution in [1.29, 1.82) is 0 Å². The van der Waals surface area contributed by atoms with Gasteiger partial charge >= 0.3 is 5.97 Å². The monoisotopic (exact) mass is 494 g/mol. The number of nitrogens with zero attached hydrogens (tertiary/aromatic N) is 2. The molecular weight excluding hydrogens is 459 g/mol. The number of aryl methyl sites for hydroxylation is 2. The van der Waals surface area contributed by atoms with Gasteiger partial charge in [-0.1, -0.05) is 32.9 Å². The molecule has 0 aliphatic carbocycles. The van der Waals surface area contributed by atoms with Crippen LogP contribution < -0.4 is 0 Å². The Hall–Kier alpha value is -3.48. The van der Waals surface area contributed by atoms with Crippen LogP contribution in [0.3, 0.4) is 0 Å². The van der Waals surface area contributed by atoms with Gasteiger partial charge < -0.3 is 14.6 Å². The SMILES string of the molecule is CC(C)C.Cc1cc2c(cc1C(=O)N1CCC(Cc3ccc(F)cc3)CC1)c(C(=O)C(=O)O)cn2C. The average Bonchev–Trinajstić information content (AvgIpc) is 3.14. The number of amides is 1. The molecule has 6 nitrogen and oxygen atoms in total. The lowest BCUT2D eigenvalue weighted by Crippen LogP contribution is -2.39. The number of Topliss-reactive ketones (excluding diaryl/α,β-unsaturated/α-hetero) is 1. The molecular formula is C29H35FN2O4. The average molecular weight is 495 g/mol. The van der Waals surface area contributed by atoms with Crippen molar-refractivity contribution in [2.24, 2.45) is 18.9 Å². The maximum atomic E-state index is 13.3. The number of piperidine rings is 1. The second-order valence-corrected chi connectivity index (χ2v) is 10.3. The Bertz CT molecular complexity index is 1250. The van der Waals surface area contributed by atoms with Gasteiger partial charge in [0.1, 0.15) is 5.82 Å². The van der Waals surface area contributed by atoms with Crippen LogP contribution in [0.1, 0.15) is 65.5 Å². The molecule has 1 saturated heterocycles. The van der Waals surface area contributed by atoms with Crippen molar-refractivity contribution in [2.45, 2.75) is 47.0 Å². The molecule has 1 aliphatic heterocycles. The predicted molar refractivity (Wildman–Crippen MR) is 139 cm³/mol. The first-order valence-electron chi connectivity index (χ1n) is 12.4. The van der Waals surface area contributed by atoms with E-state index >= 15 is 0 Å². The van der Waals surface area contributed by atoms with E-state index in [2.05, 4.69) is 20.8 Å². The molecule has 0 saturated carbocycles. The van der Waals surface area contributed by atoms with Gasteiger partial charge in [0, 0.05) is 42.8 Å². The maximum Gasteiger partial charge on any atom is 0.377 e. The third-order valence-electron chi connectivity index (χ3n) is 6.34. The molecule has 1 aliphatic rings. The number of halogens is 1. The van der Waals surface area contributed by atoms with Gasteiger partial charge in [-0.15, -0.1) is 0 Å². The summed E-state index contributed by atoms with van der Waals surface area (Å²) in [5, 5.41) is 9.60. The Labute approximate surface area is 211 Å². The van der Waals surface area contributed by atoms with Gasteiger partial charge in [0.15, 0.2) is 0 Å². The van der Waals surface area contributed by atoms with Crippen molar-refractivity contribution in [3.8, 4) is 0 Å². The van der Waals surface area contributed by atoms with Crippen molar-refractivity contribution in [1.82, 2.24) is 9.47 Å². The van der Waals surface area contributed by atoms with Crippen LogP contribution in [0.15, 0.2) is 42.6 Å². The summed E-state index contributed by atoms with van der Waals surface area (Å²) in [5.41, 5.74) is 3.16. The minimum absolute atomic E-state index is 0.0852.